The van der Waals surface area contributed by atoms with E-state index in [1.54, 1.807) is 0 Å². The van der Waals surface area contributed by atoms with E-state index in [0.717, 1.165) is 62.8 Å². The van der Waals surface area contributed by atoms with Gasteiger partial charge in [-0.05, 0) is 47.0 Å². The maximum absolute atomic E-state index is 12.1. The molecule has 9 nitrogen and oxygen atoms in total. The van der Waals surface area contributed by atoms with E-state index in [9.17, 15) is 4.79 Å². The summed E-state index contributed by atoms with van der Waals surface area (Å²) in [5, 5.41) is 18.5. The highest BCUT2D eigenvalue weighted by molar-refractivity contribution is 14.0. The first-order valence-electron chi connectivity index (χ1n) is 12.2. The zero-order valence-electron chi connectivity index (χ0n) is 21.1. The van der Waals surface area contributed by atoms with Gasteiger partial charge in [0, 0.05) is 45.1 Å². The van der Waals surface area contributed by atoms with E-state index in [0.29, 0.717) is 13.1 Å². The van der Waals surface area contributed by atoms with Crippen LogP contribution < -0.4 is 16.0 Å². The van der Waals surface area contributed by atoms with Gasteiger partial charge in [0.25, 0.3) is 0 Å². The molecule has 0 saturated heterocycles. The van der Waals surface area contributed by atoms with Gasteiger partial charge in [-0.15, -0.1) is 34.2 Å². The van der Waals surface area contributed by atoms with E-state index in [4.69, 9.17) is 9.73 Å². The summed E-state index contributed by atoms with van der Waals surface area (Å²) in [6.07, 6.45) is 8.13. The Morgan fingerprint density at radius 2 is 1.97 bits per heavy atom. The van der Waals surface area contributed by atoms with Crippen molar-refractivity contribution in [3.05, 3.63) is 11.6 Å². The molecule has 0 aliphatic carbocycles. The molecule has 2 rings (SSSR count). The summed E-state index contributed by atoms with van der Waals surface area (Å²) in [5.41, 5.74) is -0.507. The van der Waals surface area contributed by atoms with Gasteiger partial charge in [-0.1, -0.05) is 26.2 Å². The van der Waals surface area contributed by atoms with Gasteiger partial charge in [0.2, 0.25) is 0 Å². The number of rotatable bonds is 10. The highest BCUT2D eigenvalue weighted by Crippen LogP contribution is 2.14. The first-order chi connectivity index (χ1) is 15.3. The molecule has 190 valence electrons. The number of hydrogen-bond acceptors (Lipinski definition) is 5. The van der Waals surface area contributed by atoms with Gasteiger partial charge >= 0.3 is 6.09 Å². The minimum absolute atomic E-state index is 0. The van der Waals surface area contributed by atoms with Crippen molar-refractivity contribution in [1.82, 2.24) is 30.7 Å². The number of carbonyl (C=O) groups excluding carboxylic acids is 1. The number of carbonyl (C=O) groups is 1. The Morgan fingerprint density at radius 1 is 1.18 bits per heavy atom. The van der Waals surface area contributed by atoms with E-state index in [-0.39, 0.29) is 30.0 Å². The number of ether oxygens (including phenoxy) is 1. The van der Waals surface area contributed by atoms with Crippen LogP contribution in [0.5, 0.6) is 0 Å². The van der Waals surface area contributed by atoms with Crippen molar-refractivity contribution >= 4 is 36.0 Å². The molecule has 0 fully saturated rings. The summed E-state index contributed by atoms with van der Waals surface area (Å²) in [7, 11) is 0. The quantitative estimate of drug-likeness (QED) is 0.222. The SMILES string of the molecule is CCCCC(CNC(=O)OC(C)(C)C)NC(=NCCc1nnc2n1CCCCC2)NCC.I. The van der Waals surface area contributed by atoms with E-state index >= 15 is 0 Å². The highest BCUT2D eigenvalue weighted by atomic mass is 127. The van der Waals surface area contributed by atoms with Crippen LogP contribution in [0, 0.1) is 0 Å². The lowest BCUT2D eigenvalue weighted by molar-refractivity contribution is 0.0522. The van der Waals surface area contributed by atoms with Crippen LogP contribution in [0.3, 0.4) is 0 Å². The van der Waals surface area contributed by atoms with Crippen LogP contribution in [0.2, 0.25) is 0 Å². The van der Waals surface area contributed by atoms with Crippen LogP contribution in [0.15, 0.2) is 4.99 Å². The van der Waals surface area contributed by atoms with Gasteiger partial charge in [-0.2, -0.15) is 0 Å². The Bertz CT molecular complexity index is 731. The molecule has 10 heteroatoms. The topological polar surface area (TPSA) is 105 Å². The van der Waals surface area contributed by atoms with Gasteiger partial charge in [0.05, 0.1) is 0 Å². The first-order valence-corrected chi connectivity index (χ1v) is 12.2. The molecule has 1 aromatic heterocycles. The van der Waals surface area contributed by atoms with Gasteiger partial charge < -0.3 is 25.3 Å². The molecule has 2 heterocycles. The molecule has 0 spiro atoms. The molecular formula is C23H44IN7O2. The zero-order chi connectivity index (χ0) is 23.4. The predicted octanol–water partition coefficient (Wildman–Crippen LogP) is 3.80. The molecule has 1 amide bonds. The fourth-order valence-corrected chi connectivity index (χ4v) is 3.71. The lowest BCUT2D eigenvalue weighted by Crippen LogP contribution is -2.49. The largest absolute Gasteiger partial charge is 0.444 e. The Hall–Kier alpha value is -1.59. The standard InChI is InChI=1S/C23H43N7O2.HI/c1-6-8-12-18(17-26-22(31)32-23(3,4)5)27-21(24-7-2)25-15-14-20-29-28-19-13-10-9-11-16-30(19)20;/h18H,6-17H2,1-5H3,(H,26,31)(H2,24,25,27);1H. The Labute approximate surface area is 216 Å². The number of unbranched alkanes of at least 4 members (excludes halogenated alkanes) is 1. The number of aryl methyl sites for hydroxylation is 1. The van der Waals surface area contributed by atoms with Gasteiger partial charge in [0.1, 0.15) is 17.2 Å². The van der Waals surface area contributed by atoms with Crippen molar-refractivity contribution in [2.45, 2.75) is 104 Å². The second-order valence-electron chi connectivity index (χ2n) is 9.37. The lowest BCUT2D eigenvalue weighted by atomic mass is 10.1. The van der Waals surface area contributed by atoms with Crippen molar-refractivity contribution in [1.29, 1.82) is 0 Å². The molecule has 0 radical (unpaired) electrons. The molecule has 3 N–H and O–H groups in total. The van der Waals surface area contributed by atoms with E-state index < -0.39 is 11.7 Å². The number of amides is 1. The van der Waals surface area contributed by atoms with Crippen LogP contribution >= 0.6 is 24.0 Å². The third-order valence-corrected chi connectivity index (χ3v) is 5.27. The van der Waals surface area contributed by atoms with Crippen molar-refractivity contribution in [2.24, 2.45) is 4.99 Å². The molecule has 1 aliphatic heterocycles. The average molecular weight is 578 g/mol. The first kappa shape index (κ1) is 29.4. The molecule has 33 heavy (non-hydrogen) atoms. The summed E-state index contributed by atoms with van der Waals surface area (Å²) in [6.45, 7) is 12.7. The number of nitrogens with zero attached hydrogens (tertiary/aromatic N) is 4. The van der Waals surface area contributed by atoms with Gasteiger partial charge in [-0.25, -0.2) is 4.79 Å². The van der Waals surface area contributed by atoms with Crippen molar-refractivity contribution in [3.63, 3.8) is 0 Å². The summed E-state index contributed by atoms with van der Waals surface area (Å²) in [4.78, 5) is 16.8. The third-order valence-electron chi connectivity index (χ3n) is 5.27. The Balaban J connectivity index is 0.00000544. The number of aromatic nitrogens is 3. The number of guanidine groups is 1. The van der Waals surface area contributed by atoms with Crippen LogP contribution in [0.1, 0.15) is 84.8 Å². The van der Waals surface area contributed by atoms with E-state index in [2.05, 4.69) is 44.6 Å². The number of aliphatic imine (C=N–C) groups is 1. The van der Waals surface area contributed by atoms with Gasteiger partial charge in [0.15, 0.2) is 5.96 Å². The number of hydrogen-bond donors (Lipinski definition) is 3. The van der Waals surface area contributed by atoms with Crippen molar-refractivity contribution in [2.75, 3.05) is 19.6 Å². The maximum Gasteiger partial charge on any atom is 0.407 e. The van der Waals surface area contributed by atoms with Crippen molar-refractivity contribution in [3.8, 4) is 0 Å². The molecule has 0 saturated carbocycles. The molecule has 0 bridgehead atoms. The van der Waals surface area contributed by atoms with Crippen LogP contribution in [-0.4, -0.2) is 58.1 Å². The number of fused-ring (bicyclic) bond motifs is 1. The summed E-state index contributed by atoms with van der Waals surface area (Å²) >= 11 is 0. The van der Waals surface area contributed by atoms with Gasteiger partial charge in [-0.3, -0.25) is 4.99 Å². The molecule has 0 aromatic carbocycles. The predicted molar refractivity (Wildman–Crippen MR) is 143 cm³/mol. The summed E-state index contributed by atoms with van der Waals surface area (Å²) in [5.74, 6) is 2.89. The number of halogens is 1. The van der Waals surface area contributed by atoms with Crippen LogP contribution in [-0.2, 0) is 24.1 Å². The monoisotopic (exact) mass is 577 g/mol. The Kier molecular flexibility index (Phi) is 13.7. The van der Waals surface area contributed by atoms with Crippen molar-refractivity contribution < 1.29 is 9.53 Å². The lowest BCUT2D eigenvalue weighted by Gasteiger charge is -2.24. The van der Waals surface area contributed by atoms with E-state index in [1.165, 1.54) is 19.3 Å². The molecule has 1 aromatic rings. The fourth-order valence-electron chi connectivity index (χ4n) is 3.71. The third kappa shape index (κ3) is 11.4. The Morgan fingerprint density at radius 3 is 2.67 bits per heavy atom. The maximum atomic E-state index is 12.1. The van der Waals surface area contributed by atoms with Crippen LogP contribution in [0.4, 0.5) is 4.79 Å². The zero-order valence-corrected chi connectivity index (χ0v) is 23.4. The molecular weight excluding hydrogens is 533 g/mol. The van der Waals surface area contributed by atoms with E-state index in [1.807, 2.05) is 20.8 Å². The molecule has 1 aliphatic rings. The highest BCUT2D eigenvalue weighted by Gasteiger charge is 2.18. The number of alkyl carbamates (subject to hydrolysis) is 1. The minimum atomic E-state index is -0.507. The number of nitrogens with one attached hydrogen (secondary N) is 3. The smallest absolute Gasteiger partial charge is 0.407 e. The molecule has 1 atom stereocenters. The fraction of sp³-hybridized carbons (Fsp3) is 0.826. The summed E-state index contributed by atoms with van der Waals surface area (Å²) < 4.78 is 7.64. The van der Waals surface area contributed by atoms with Crippen LogP contribution in [0.25, 0.3) is 0 Å². The molecule has 1 unspecified atom stereocenters. The normalized spacial score (nSPS) is 15.0. The second kappa shape index (κ2) is 15.3. The average Bonchev–Trinajstić information content (AvgIpc) is 2.94. The summed E-state index contributed by atoms with van der Waals surface area (Å²) in [6, 6.07) is 0.0737. The minimum Gasteiger partial charge on any atom is -0.444 e. The second-order valence-corrected chi connectivity index (χ2v) is 9.37.